The molecule has 0 aliphatic carbocycles. The summed E-state index contributed by atoms with van der Waals surface area (Å²) in [7, 11) is 0. The maximum Gasteiger partial charge on any atom is 0.0866 e. The van der Waals surface area contributed by atoms with Crippen LogP contribution in [0.1, 0.15) is 6.92 Å². The molecule has 1 unspecified atom stereocenters. The van der Waals surface area contributed by atoms with Crippen molar-refractivity contribution in [2.45, 2.75) is 13.0 Å². The molecule has 74 valence electrons. The molecule has 4 nitrogen and oxygen atoms in total. The number of piperazine rings is 1. The van der Waals surface area contributed by atoms with E-state index in [4.69, 9.17) is 11.0 Å². The molecular weight excluding hydrogens is 164 g/mol. The van der Waals surface area contributed by atoms with Gasteiger partial charge in [0.25, 0.3) is 0 Å². The van der Waals surface area contributed by atoms with E-state index in [1.807, 2.05) is 0 Å². The Labute approximate surface area is 79.9 Å². The number of nitrogens with two attached hydrogens (primary N) is 1. The molecule has 2 N–H and O–H groups in total. The Kier molecular flexibility index (Phi) is 4.16. The maximum atomic E-state index is 8.51. The fourth-order valence-electron chi connectivity index (χ4n) is 1.61. The molecule has 0 radical (unpaired) electrons. The summed E-state index contributed by atoms with van der Waals surface area (Å²) in [6, 6.07) is 2.65. The minimum Gasteiger partial charge on any atom is -0.329 e. The summed E-state index contributed by atoms with van der Waals surface area (Å²) in [5.41, 5.74) is 5.59. The highest BCUT2D eigenvalue weighted by Crippen LogP contribution is 2.04. The number of rotatable bonds is 3. The smallest absolute Gasteiger partial charge is 0.0866 e. The second kappa shape index (κ2) is 5.18. The lowest BCUT2D eigenvalue weighted by molar-refractivity contribution is 0.114. The highest BCUT2D eigenvalue weighted by Gasteiger charge is 2.19. The zero-order valence-electron chi connectivity index (χ0n) is 8.24. The number of hydrogen-bond acceptors (Lipinski definition) is 4. The van der Waals surface area contributed by atoms with Crippen LogP contribution in [-0.4, -0.2) is 55.1 Å². The SMILES string of the molecule is CC(CN)N1CCN(CC#N)CC1. The minimum atomic E-state index is 0.476. The van der Waals surface area contributed by atoms with Gasteiger partial charge in [0.15, 0.2) is 0 Å². The molecule has 0 amide bonds. The Bertz CT molecular complexity index is 179. The molecule has 0 aromatic rings. The van der Waals surface area contributed by atoms with Gasteiger partial charge in [0.1, 0.15) is 0 Å². The molecule has 0 saturated carbocycles. The van der Waals surface area contributed by atoms with Gasteiger partial charge < -0.3 is 5.73 Å². The predicted octanol–water partition coefficient (Wildman–Crippen LogP) is -0.525. The Morgan fingerprint density at radius 2 is 2.00 bits per heavy atom. The molecule has 0 aromatic carbocycles. The van der Waals surface area contributed by atoms with Crippen molar-refractivity contribution in [2.75, 3.05) is 39.3 Å². The normalized spacial score (nSPS) is 22.5. The lowest BCUT2D eigenvalue weighted by Crippen LogP contribution is -2.51. The highest BCUT2D eigenvalue weighted by molar-refractivity contribution is 4.82. The number of nitrogens with zero attached hydrogens (tertiary/aromatic N) is 3. The molecule has 1 aliphatic heterocycles. The standard InChI is InChI=1S/C9H18N4/c1-9(8-11)13-6-4-12(3-2-10)5-7-13/h9H,3-8,11H2,1H3. The quantitative estimate of drug-likeness (QED) is 0.596. The first kappa shape index (κ1) is 10.5. The van der Waals surface area contributed by atoms with E-state index in [0.29, 0.717) is 12.6 Å². The van der Waals surface area contributed by atoms with E-state index >= 15 is 0 Å². The average molecular weight is 182 g/mol. The van der Waals surface area contributed by atoms with E-state index < -0.39 is 0 Å². The summed E-state index contributed by atoms with van der Waals surface area (Å²) < 4.78 is 0. The Hall–Kier alpha value is -0.630. The third-order valence-electron chi connectivity index (χ3n) is 2.67. The van der Waals surface area contributed by atoms with E-state index in [2.05, 4.69) is 22.8 Å². The van der Waals surface area contributed by atoms with Crippen molar-refractivity contribution < 1.29 is 0 Å². The first-order valence-electron chi connectivity index (χ1n) is 4.81. The van der Waals surface area contributed by atoms with Gasteiger partial charge in [-0.2, -0.15) is 5.26 Å². The van der Waals surface area contributed by atoms with Gasteiger partial charge in [-0.3, -0.25) is 9.80 Å². The largest absolute Gasteiger partial charge is 0.329 e. The van der Waals surface area contributed by atoms with Crippen LogP contribution in [0.2, 0.25) is 0 Å². The molecule has 0 spiro atoms. The van der Waals surface area contributed by atoms with Crippen LogP contribution in [0.25, 0.3) is 0 Å². The Morgan fingerprint density at radius 1 is 1.38 bits per heavy atom. The van der Waals surface area contributed by atoms with Gasteiger partial charge in [-0.15, -0.1) is 0 Å². The first-order valence-corrected chi connectivity index (χ1v) is 4.81. The van der Waals surface area contributed by atoms with Crippen molar-refractivity contribution in [3.63, 3.8) is 0 Å². The van der Waals surface area contributed by atoms with Gasteiger partial charge in [0, 0.05) is 38.8 Å². The molecule has 1 fully saturated rings. The van der Waals surface area contributed by atoms with Crippen molar-refractivity contribution >= 4 is 0 Å². The molecular formula is C9H18N4. The van der Waals surface area contributed by atoms with E-state index in [1.54, 1.807) is 0 Å². The summed E-state index contributed by atoms with van der Waals surface area (Å²) in [5, 5.41) is 8.51. The van der Waals surface area contributed by atoms with Gasteiger partial charge >= 0.3 is 0 Å². The van der Waals surface area contributed by atoms with Crippen LogP contribution in [0, 0.1) is 11.3 Å². The molecule has 1 rings (SSSR count). The van der Waals surface area contributed by atoms with Crippen LogP contribution in [-0.2, 0) is 0 Å². The first-order chi connectivity index (χ1) is 6.27. The van der Waals surface area contributed by atoms with Crippen LogP contribution in [0.5, 0.6) is 0 Å². The molecule has 0 bridgehead atoms. The van der Waals surface area contributed by atoms with Crippen molar-refractivity contribution in [3.05, 3.63) is 0 Å². The van der Waals surface area contributed by atoms with Gasteiger partial charge in [-0.25, -0.2) is 0 Å². The highest BCUT2D eigenvalue weighted by atomic mass is 15.3. The summed E-state index contributed by atoms with van der Waals surface area (Å²) in [6.07, 6.45) is 0. The van der Waals surface area contributed by atoms with Crippen LogP contribution >= 0.6 is 0 Å². The van der Waals surface area contributed by atoms with E-state index in [-0.39, 0.29) is 0 Å². The topological polar surface area (TPSA) is 56.3 Å². The van der Waals surface area contributed by atoms with Crippen LogP contribution in [0.4, 0.5) is 0 Å². The Morgan fingerprint density at radius 3 is 2.46 bits per heavy atom. The molecule has 1 atom stereocenters. The molecule has 1 saturated heterocycles. The van der Waals surface area contributed by atoms with Crippen molar-refractivity contribution in [2.24, 2.45) is 5.73 Å². The van der Waals surface area contributed by atoms with Gasteiger partial charge in [-0.05, 0) is 6.92 Å². The lowest BCUT2D eigenvalue weighted by atomic mass is 10.2. The average Bonchev–Trinajstić information content (AvgIpc) is 2.18. The summed E-state index contributed by atoms with van der Waals surface area (Å²) in [6.45, 7) is 7.51. The van der Waals surface area contributed by atoms with Gasteiger partial charge in [-0.1, -0.05) is 0 Å². The fraction of sp³-hybridized carbons (Fsp3) is 0.889. The van der Waals surface area contributed by atoms with Crippen molar-refractivity contribution in [1.29, 1.82) is 5.26 Å². The number of hydrogen-bond donors (Lipinski definition) is 1. The molecule has 1 heterocycles. The molecule has 4 heteroatoms. The number of nitriles is 1. The van der Waals surface area contributed by atoms with Crippen molar-refractivity contribution in [3.8, 4) is 6.07 Å². The minimum absolute atomic E-state index is 0.476. The van der Waals surface area contributed by atoms with E-state index in [0.717, 1.165) is 32.7 Å². The van der Waals surface area contributed by atoms with Gasteiger partial charge in [0.2, 0.25) is 0 Å². The molecule has 0 aromatic heterocycles. The summed E-state index contributed by atoms with van der Waals surface area (Å²) in [4.78, 5) is 4.56. The van der Waals surface area contributed by atoms with Crippen molar-refractivity contribution in [1.82, 2.24) is 9.80 Å². The third kappa shape index (κ3) is 2.96. The Balaban J connectivity index is 2.27. The van der Waals surface area contributed by atoms with Crippen LogP contribution < -0.4 is 5.73 Å². The molecule has 1 aliphatic rings. The summed E-state index contributed by atoms with van der Waals surface area (Å²) in [5.74, 6) is 0. The van der Waals surface area contributed by atoms with E-state index in [1.165, 1.54) is 0 Å². The second-order valence-electron chi connectivity index (χ2n) is 3.55. The van der Waals surface area contributed by atoms with Crippen LogP contribution in [0.15, 0.2) is 0 Å². The summed E-state index contributed by atoms with van der Waals surface area (Å²) >= 11 is 0. The van der Waals surface area contributed by atoms with Crippen LogP contribution in [0.3, 0.4) is 0 Å². The fourth-order valence-corrected chi connectivity index (χ4v) is 1.61. The predicted molar refractivity (Wildman–Crippen MR) is 52.1 cm³/mol. The monoisotopic (exact) mass is 182 g/mol. The second-order valence-corrected chi connectivity index (χ2v) is 3.55. The maximum absolute atomic E-state index is 8.51. The zero-order chi connectivity index (χ0) is 9.68. The molecule has 13 heavy (non-hydrogen) atoms. The third-order valence-corrected chi connectivity index (χ3v) is 2.67. The van der Waals surface area contributed by atoms with Gasteiger partial charge in [0.05, 0.1) is 12.6 Å². The lowest BCUT2D eigenvalue weighted by Gasteiger charge is -2.36. The zero-order valence-corrected chi connectivity index (χ0v) is 8.24. The van der Waals surface area contributed by atoms with E-state index in [9.17, 15) is 0 Å².